The number of pyridine rings is 2. The third-order valence-corrected chi connectivity index (χ3v) is 6.18. The third-order valence-electron chi connectivity index (χ3n) is 6.18. The van der Waals surface area contributed by atoms with E-state index in [2.05, 4.69) is 30.5 Å². The third kappa shape index (κ3) is 5.02. The van der Waals surface area contributed by atoms with Crippen LogP contribution in [0.15, 0.2) is 61.2 Å². The lowest BCUT2D eigenvalue weighted by atomic mass is 9.97. The summed E-state index contributed by atoms with van der Waals surface area (Å²) in [6, 6.07) is 11.7. The van der Waals surface area contributed by atoms with E-state index in [4.69, 9.17) is 10.4 Å². The number of aromatic nitrogens is 6. The van der Waals surface area contributed by atoms with Gasteiger partial charge in [-0.3, -0.25) is 19.9 Å². The molecular weight excluding hydrogens is 464 g/mol. The Morgan fingerprint density at radius 2 is 1.89 bits per heavy atom. The molecule has 0 bridgehead atoms. The zero-order valence-corrected chi connectivity index (χ0v) is 20.9. The number of rotatable bonds is 8. The van der Waals surface area contributed by atoms with E-state index in [1.807, 2.05) is 57.2 Å². The Bertz CT molecular complexity index is 1570. The summed E-state index contributed by atoms with van der Waals surface area (Å²) in [6.07, 6.45) is 8.72. The van der Waals surface area contributed by atoms with Gasteiger partial charge in [0.05, 0.1) is 29.0 Å². The molecule has 9 heteroatoms. The monoisotopic (exact) mass is 492 g/mol. The number of benzene rings is 1. The minimum atomic E-state index is -0.284. The van der Waals surface area contributed by atoms with Crippen LogP contribution >= 0.6 is 0 Å². The van der Waals surface area contributed by atoms with Crippen LogP contribution in [0.1, 0.15) is 43.1 Å². The average Bonchev–Trinajstić information content (AvgIpc) is 3.48. The van der Waals surface area contributed by atoms with Gasteiger partial charge in [-0.15, -0.1) is 0 Å². The van der Waals surface area contributed by atoms with Gasteiger partial charge in [0, 0.05) is 47.9 Å². The van der Waals surface area contributed by atoms with E-state index in [0.717, 1.165) is 39.0 Å². The second kappa shape index (κ2) is 10.1. The average molecular weight is 493 g/mol. The van der Waals surface area contributed by atoms with Crippen molar-refractivity contribution >= 4 is 28.7 Å². The molecule has 0 aliphatic rings. The summed E-state index contributed by atoms with van der Waals surface area (Å²) in [7, 11) is 0. The number of imidazole rings is 1. The molecule has 1 unspecified atom stereocenters. The standard InChI is InChI=1S/C28H28N8O/c1-16(2)10-25(37)33-21-11-20(14-31-15-21)19-4-5-24-22(12-19)27(36-35-24)28-32-17(3)26(34-28)23(13-29)18-6-8-30-9-7-18/h4-9,11-16,23,29H,10H2,1-3H3,(H,32,34)(H,33,37)(H,35,36). The molecule has 0 spiro atoms. The number of carbonyl (C=O) groups is 1. The first-order valence-electron chi connectivity index (χ1n) is 12.1. The van der Waals surface area contributed by atoms with Gasteiger partial charge in [-0.25, -0.2) is 4.98 Å². The molecule has 1 atom stereocenters. The van der Waals surface area contributed by atoms with Crippen molar-refractivity contribution in [1.82, 2.24) is 30.1 Å². The molecule has 4 heterocycles. The van der Waals surface area contributed by atoms with E-state index >= 15 is 0 Å². The number of carbonyl (C=O) groups excluding carboxylic acids is 1. The molecule has 1 amide bonds. The van der Waals surface area contributed by atoms with E-state index in [0.29, 0.717) is 23.6 Å². The topological polar surface area (TPSA) is 136 Å². The molecule has 4 N–H and O–H groups in total. The quantitative estimate of drug-likeness (QED) is 0.213. The van der Waals surface area contributed by atoms with Crippen LogP contribution < -0.4 is 5.32 Å². The molecule has 0 fully saturated rings. The fraction of sp³-hybridized carbons (Fsp3) is 0.214. The number of hydrogen-bond donors (Lipinski definition) is 4. The van der Waals surface area contributed by atoms with Gasteiger partial charge < -0.3 is 15.7 Å². The number of hydrogen-bond acceptors (Lipinski definition) is 6. The molecular formula is C28H28N8O. The Balaban J connectivity index is 1.49. The van der Waals surface area contributed by atoms with Gasteiger partial charge in [-0.2, -0.15) is 5.10 Å². The van der Waals surface area contributed by atoms with E-state index in [1.165, 1.54) is 6.21 Å². The highest BCUT2D eigenvalue weighted by atomic mass is 16.1. The number of aromatic amines is 2. The molecule has 37 heavy (non-hydrogen) atoms. The smallest absolute Gasteiger partial charge is 0.224 e. The largest absolute Gasteiger partial charge is 0.340 e. The molecule has 0 saturated carbocycles. The summed E-state index contributed by atoms with van der Waals surface area (Å²) in [6.45, 7) is 5.98. The molecule has 0 aliphatic heterocycles. The van der Waals surface area contributed by atoms with Crippen molar-refractivity contribution in [3.05, 3.63) is 78.1 Å². The van der Waals surface area contributed by atoms with Crippen LogP contribution in [-0.2, 0) is 4.79 Å². The van der Waals surface area contributed by atoms with Crippen LogP contribution in [0, 0.1) is 18.3 Å². The van der Waals surface area contributed by atoms with Crippen LogP contribution in [0.4, 0.5) is 5.69 Å². The van der Waals surface area contributed by atoms with Crippen molar-refractivity contribution in [3.63, 3.8) is 0 Å². The summed E-state index contributed by atoms with van der Waals surface area (Å²) >= 11 is 0. The van der Waals surface area contributed by atoms with Gasteiger partial charge in [0.25, 0.3) is 0 Å². The van der Waals surface area contributed by atoms with E-state index in [-0.39, 0.29) is 17.7 Å². The molecule has 5 aromatic rings. The van der Waals surface area contributed by atoms with Gasteiger partial charge in [0.2, 0.25) is 5.91 Å². The summed E-state index contributed by atoms with van der Waals surface area (Å²) in [5.41, 5.74) is 6.66. The van der Waals surface area contributed by atoms with Gasteiger partial charge in [0.15, 0.2) is 5.82 Å². The molecule has 9 nitrogen and oxygen atoms in total. The van der Waals surface area contributed by atoms with Gasteiger partial charge in [-0.05, 0) is 54.3 Å². The lowest BCUT2D eigenvalue weighted by Crippen LogP contribution is -2.13. The molecule has 0 aliphatic carbocycles. The number of nitrogens with zero attached hydrogens (tertiary/aromatic N) is 4. The maximum Gasteiger partial charge on any atom is 0.224 e. The predicted molar refractivity (Wildman–Crippen MR) is 145 cm³/mol. The maximum atomic E-state index is 12.2. The van der Waals surface area contributed by atoms with Crippen LogP contribution in [0.5, 0.6) is 0 Å². The van der Waals surface area contributed by atoms with E-state index < -0.39 is 0 Å². The van der Waals surface area contributed by atoms with Crippen molar-refractivity contribution < 1.29 is 4.79 Å². The molecule has 0 saturated heterocycles. The normalized spacial score (nSPS) is 12.1. The highest BCUT2D eigenvalue weighted by Crippen LogP contribution is 2.32. The SMILES string of the molecule is Cc1[nH]c(-c2n[nH]c3ccc(-c4cncc(NC(=O)CC(C)C)c4)cc23)nc1C(C=N)c1ccncc1. The highest BCUT2D eigenvalue weighted by molar-refractivity contribution is 5.95. The molecule has 186 valence electrons. The first kappa shape index (κ1) is 24.1. The lowest BCUT2D eigenvalue weighted by molar-refractivity contribution is -0.116. The number of anilines is 1. The Labute approximate surface area is 214 Å². The molecule has 4 aromatic heterocycles. The van der Waals surface area contributed by atoms with Crippen LogP contribution in [0.25, 0.3) is 33.5 Å². The van der Waals surface area contributed by atoms with Gasteiger partial charge >= 0.3 is 0 Å². The van der Waals surface area contributed by atoms with Crippen LogP contribution in [-0.4, -0.2) is 42.3 Å². The number of fused-ring (bicyclic) bond motifs is 1. The molecule has 1 aromatic carbocycles. The van der Waals surface area contributed by atoms with Gasteiger partial charge in [-0.1, -0.05) is 19.9 Å². The summed E-state index contributed by atoms with van der Waals surface area (Å²) in [4.78, 5) is 28.8. The van der Waals surface area contributed by atoms with Crippen LogP contribution in [0.2, 0.25) is 0 Å². The maximum absolute atomic E-state index is 12.2. The Morgan fingerprint density at radius 3 is 2.65 bits per heavy atom. The number of H-pyrrole nitrogens is 2. The van der Waals surface area contributed by atoms with Crippen molar-refractivity contribution in [3.8, 4) is 22.6 Å². The minimum Gasteiger partial charge on any atom is -0.340 e. The van der Waals surface area contributed by atoms with Gasteiger partial charge in [0.1, 0.15) is 5.69 Å². The van der Waals surface area contributed by atoms with E-state index in [1.54, 1.807) is 24.8 Å². The first-order valence-corrected chi connectivity index (χ1v) is 12.1. The van der Waals surface area contributed by atoms with E-state index in [9.17, 15) is 4.79 Å². The van der Waals surface area contributed by atoms with Crippen molar-refractivity contribution in [2.45, 2.75) is 33.1 Å². The Hall–Kier alpha value is -4.66. The van der Waals surface area contributed by atoms with Crippen molar-refractivity contribution in [1.29, 1.82) is 5.41 Å². The second-order valence-electron chi connectivity index (χ2n) is 9.46. The Kier molecular flexibility index (Phi) is 6.59. The van der Waals surface area contributed by atoms with Crippen molar-refractivity contribution in [2.75, 3.05) is 5.32 Å². The minimum absolute atomic E-state index is 0.0273. The number of aryl methyl sites for hydroxylation is 1. The Morgan fingerprint density at radius 1 is 1.08 bits per heavy atom. The summed E-state index contributed by atoms with van der Waals surface area (Å²) in [5.74, 6) is 0.599. The van der Waals surface area contributed by atoms with Crippen LogP contribution in [0.3, 0.4) is 0 Å². The zero-order valence-electron chi connectivity index (χ0n) is 20.9. The second-order valence-corrected chi connectivity index (χ2v) is 9.46. The predicted octanol–water partition coefficient (Wildman–Crippen LogP) is 5.48. The highest BCUT2D eigenvalue weighted by Gasteiger charge is 2.21. The number of nitrogens with one attached hydrogen (secondary N) is 4. The molecule has 0 radical (unpaired) electrons. The fourth-order valence-electron chi connectivity index (χ4n) is 4.42. The van der Waals surface area contributed by atoms with Crippen molar-refractivity contribution in [2.24, 2.45) is 5.92 Å². The first-order chi connectivity index (χ1) is 17.9. The molecule has 5 rings (SSSR count). The zero-order chi connectivity index (χ0) is 25.9. The number of amides is 1. The fourth-order valence-corrected chi connectivity index (χ4v) is 4.42. The summed E-state index contributed by atoms with van der Waals surface area (Å²) < 4.78 is 0. The lowest BCUT2D eigenvalue weighted by Gasteiger charge is -2.09. The summed E-state index contributed by atoms with van der Waals surface area (Å²) in [5, 5.41) is 19.5.